The van der Waals surface area contributed by atoms with Crippen molar-refractivity contribution in [1.82, 2.24) is 10.7 Å². The van der Waals surface area contributed by atoms with Gasteiger partial charge in [0, 0.05) is 11.6 Å². The SMILES string of the molecule is CC(C)NC(=O)CC(=O)N/N=C\c1ccc(-c2ccc(Cl)c(Cl)c2)o1. The Morgan fingerprint density at radius 1 is 1.16 bits per heavy atom. The standard InChI is InChI=1S/C17H17Cl2N3O3/c1-10(2)21-16(23)8-17(24)22-20-9-12-4-6-15(25-12)11-3-5-13(18)14(19)7-11/h3-7,9-10H,8H2,1-2H3,(H,21,23)(H,22,24)/b20-9-. The number of amides is 2. The molecular weight excluding hydrogens is 365 g/mol. The molecule has 0 unspecified atom stereocenters. The predicted octanol–water partition coefficient (Wildman–Crippen LogP) is 3.62. The maximum Gasteiger partial charge on any atom is 0.249 e. The first-order valence-corrected chi connectivity index (χ1v) is 8.27. The zero-order valence-electron chi connectivity index (χ0n) is 13.7. The van der Waals surface area contributed by atoms with Crippen molar-refractivity contribution in [3.05, 3.63) is 46.1 Å². The smallest absolute Gasteiger partial charge is 0.249 e. The second-order valence-electron chi connectivity index (χ2n) is 5.52. The van der Waals surface area contributed by atoms with Crippen molar-refractivity contribution in [2.45, 2.75) is 26.3 Å². The van der Waals surface area contributed by atoms with E-state index in [0.29, 0.717) is 21.6 Å². The van der Waals surface area contributed by atoms with Crippen molar-refractivity contribution in [1.29, 1.82) is 0 Å². The molecule has 0 atom stereocenters. The summed E-state index contributed by atoms with van der Waals surface area (Å²) in [5, 5.41) is 7.28. The zero-order valence-corrected chi connectivity index (χ0v) is 15.2. The van der Waals surface area contributed by atoms with E-state index in [1.807, 2.05) is 13.8 Å². The van der Waals surface area contributed by atoms with Gasteiger partial charge >= 0.3 is 0 Å². The van der Waals surface area contributed by atoms with E-state index in [9.17, 15) is 9.59 Å². The average Bonchev–Trinajstić information content (AvgIpc) is 2.98. The number of hydrazone groups is 1. The molecule has 0 saturated carbocycles. The van der Waals surface area contributed by atoms with Gasteiger partial charge in [-0.05, 0) is 44.2 Å². The molecule has 132 valence electrons. The molecule has 25 heavy (non-hydrogen) atoms. The normalized spacial score (nSPS) is 11.1. The Balaban J connectivity index is 1.92. The van der Waals surface area contributed by atoms with Gasteiger partial charge in [0.2, 0.25) is 11.8 Å². The zero-order chi connectivity index (χ0) is 18.4. The van der Waals surface area contributed by atoms with Crippen molar-refractivity contribution in [3.8, 4) is 11.3 Å². The Labute approximate surface area is 155 Å². The summed E-state index contributed by atoms with van der Waals surface area (Å²) in [5.74, 6) is 0.156. The van der Waals surface area contributed by atoms with E-state index >= 15 is 0 Å². The second-order valence-corrected chi connectivity index (χ2v) is 6.34. The molecule has 0 radical (unpaired) electrons. The number of benzene rings is 1. The van der Waals surface area contributed by atoms with E-state index in [-0.39, 0.29) is 18.4 Å². The monoisotopic (exact) mass is 381 g/mol. The van der Waals surface area contributed by atoms with Crippen molar-refractivity contribution < 1.29 is 14.0 Å². The fourth-order valence-corrected chi connectivity index (χ4v) is 2.25. The van der Waals surface area contributed by atoms with Crippen LogP contribution >= 0.6 is 23.2 Å². The van der Waals surface area contributed by atoms with Crippen LogP contribution in [0.4, 0.5) is 0 Å². The Hall–Kier alpha value is -2.31. The number of nitrogens with zero attached hydrogens (tertiary/aromatic N) is 1. The largest absolute Gasteiger partial charge is 0.455 e. The highest BCUT2D eigenvalue weighted by atomic mass is 35.5. The second kappa shape index (κ2) is 8.69. The molecule has 0 bridgehead atoms. The predicted molar refractivity (Wildman–Crippen MR) is 97.8 cm³/mol. The lowest BCUT2D eigenvalue weighted by atomic mass is 10.2. The molecule has 2 N–H and O–H groups in total. The van der Waals surface area contributed by atoms with E-state index < -0.39 is 5.91 Å². The summed E-state index contributed by atoms with van der Waals surface area (Å²) >= 11 is 11.9. The van der Waals surface area contributed by atoms with Gasteiger partial charge in [-0.2, -0.15) is 5.10 Å². The summed E-state index contributed by atoms with van der Waals surface area (Å²) in [7, 11) is 0. The summed E-state index contributed by atoms with van der Waals surface area (Å²) in [6, 6.07) is 8.57. The van der Waals surface area contributed by atoms with E-state index in [1.54, 1.807) is 30.3 Å². The molecule has 8 heteroatoms. The van der Waals surface area contributed by atoms with Gasteiger partial charge in [-0.3, -0.25) is 9.59 Å². The van der Waals surface area contributed by atoms with Gasteiger partial charge in [-0.15, -0.1) is 0 Å². The van der Waals surface area contributed by atoms with Crippen LogP contribution in [0.5, 0.6) is 0 Å². The molecule has 1 aromatic heterocycles. The lowest BCUT2D eigenvalue weighted by molar-refractivity contribution is -0.129. The van der Waals surface area contributed by atoms with Crippen LogP contribution < -0.4 is 10.7 Å². The summed E-state index contributed by atoms with van der Waals surface area (Å²) < 4.78 is 5.60. The molecule has 0 aliphatic heterocycles. The van der Waals surface area contributed by atoms with Crippen LogP contribution in [0.15, 0.2) is 39.9 Å². The molecule has 1 aromatic carbocycles. The van der Waals surface area contributed by atoms with Crippen molar-refractivity contribution >= 4 is 41.2 Å². The molecule has 0 fully saturated rings. The van der Waals surface area contributed by atoms with E-state index in [1.165, 1.54) is 6.21 Å². The third kappa shape index (κ3) is 5.92. The van der Waals surface area contributed by atoms with E-state index in [0.717, 1.165) is 5.56 Å². The van der Waals surface area contributed by atoms with Gasteiger partial charge in [-0.1, -0.05) is 23.2 Å². The van der Waals surface area contributed by atoms with Gasteiger partial charge < -0.3 is 9.73 Å². The Morgan fingerprint density at radius 3 is 2.60 bits per heavy atom. The molecule has 2 aromatic rings. The van der Waals surface area contributed by atoms with E-state index in [4.69, 9.17) is 27.6 Å². The third-order valence-corrected chi connectivity index (χ3v) is 3.72. The average molecular weight is 382 g/mol. The van der Waals surface area contributed by atoms with Crippen LogP contribution in [-0.4, -0.2) is 24.1 Å². The lowest BCUT2D eigenvalue weighted by Gasteiger charge is -2.06. The number of halogens is 2. The number of nitrogens with one attached hydrogen (secondary N) is 2. The third-order valence-electron chi connectivity index (χ3n) is 2.98. The van der Waals surface area contributed by atoms with E-state index in [2.05, 4.69) is 15.8 Å². The molecule has 2 rings (SSSR count). The molecule has 1 heterocycles. The summed E-state index contributed by atoms with van der Waals surface area (Å²) in [6.45, 7) is 3.63. The highest BCUT2D eigenvalue weighted by Crippen LogP contribution is 2.29. The van der Waals surface area contributed by atoms with Gasteiger partial charge in [0.15, 0.2) is 0 Å². The summed E-state index contributed by atoms with van der Waals surface area (Å²) in [6.07, 6.45) is 1.06. The molecule has 0 aliphatic carbocycles. The highest BCUT2D eigenvalue weighted by molar-refractivity contribution is 6.42. The fraction of sp³-hybridized carbons (Fsp3) is 0.235. The minimum absolute atomic E-state index is 0.0216. The Bertz CT molecular complexity index is 800. The summed E-state index contributed by atoms with van der Waals surface area (Å²) in [4.78, 5) is 23.0. The van der Waals surface area contributed by atoms with Crippen LogP contribution in [-0.2, 0) is 9.59 Å². The van der Waals surface area contributed by atoms with Crippen LogP contribution in [0.3, 0.4) is 0 Å². The molecule has 2 amide bonds. The minimum Gasteiger partial charge on any atom is -0.455 e. The fourth-order valence-electron chi connectivity index (χ4n) is 1.95. The van der Waals surface area contributed by atoms with Crippen LogP contribution in [0.2, 0.25) is 10.0 Å². The minimum atomic E-state index is -0.509. The van der Waals surface area contributed by atoms with Crippen molar-refractivity contribution in [3.63, 3.8) is 0 Å². The highest BCUT2D eigenvalue weighted by Gasteiger charge is 2.09. The lowest BCUT2D eigenvalue weighted by Crippen LogP contribution is -2.34. The molecular formula is C17H17Cl2N3O3. The van der Waals surface area contributed by atoms with Gasteiger partial charge in [0.05, 0.1) is 16.3 Å². The first kappa shape index (κ1) is 19.0. The van der Waals surface area contributed by atoms with Crippen LogP contribution in [0.25, 0.3) is 11.3 Å². The maximum absolute atomic E-state index is 11.6. The van der Waals surface area contributed by atoms with Gasteiger partial charge in [-0.25, -0.2) is 5.43 Å². The molecule has 6 nitrogen and oxygen atoms in total. The number of carbonyl (C=O) groups excluding carboxylic acids is 2. The number of rotatable bonds is 6. The number of hydrogen-bond acceptors (Lipinski definition) is 4. The first-order valence-electron chi connectivity index (χ1n) is 7.51. The Morgan fingerprint density at radius 2 is 1.92 bits per heavy atom. The number of furan rings is 1. The van der Waals surface area contributed by atoms with Crippen LogP contribution in [0, 0.1) is 0 Å². The van der Waals surface area contributed by atoms with Crippen LogP contribution in [0.1, 0.15) is 26.0 Å². The van der Waals surface area contributed by atoms with Gasteiger partial charge in [0.25, 0.3) is 0 Å². The quantitative estimate of drug-likeness (QED) is 0.455. The molecule has 0 aliphatic rings. The number of carbonyl (C=O) groups is 2. The van der Waals surface area contributed by atoms with Crippen molar-refractivity contribution in [2.75, 3.05) is 0 Å². The Kier molecular flexibility index (Phi) is 6.61. The van der Waals surface area contributed by atoms with Gasteiger partial charge in [0.1, 0.15) is 17.9 Å². The maximum atomic E-state index is 11.6. The van der Waals surface area contributed by atoms with Crippen molar-refractivity contribution in [2.24, 2.45) is 5.10 Å². The first-order chi connectivity index (χ1) is 11.8. The summed E-state index contributed by atoms with van der Waals surface area (Å²) in [5.41, 5.74) is 3.04. The number of hydrogen-bond donors (Lipinski definition) is 2. The topological polar surface area (TPSA) is 83.7 Å². The molecule has 0 saturated heterocycles. The molecule has 0 spiro atoms.